The SMILES string of the molecule is CC1(C)CN(CCC2=CCCCC2)CC(CN)O1. The Bertz CT molecular complexity index is 299. The molecule has 18 heavy (non-hydrogen) atoms. The minimum absolute atomic E-state index is 0.0523. The quantitative estimate of drug-likeness (QED) is 0.780. The first-order valence-corrected chi connectivity index (χ1v) is 7.37. The molecule has 0 saturated carbocycles. The molecule has 0 aromatic carbocycles. The van der Waals surface area contributed by atoms with Crippen LogP contribution in [-0.4, -0.2) is 42.8 Å². The third kappa shape index (κ3) is 4.08. The summed E-state index contributed by atoms with van der Waals surface area (Å²) in [7, 11) is 0. The standard InChI is InChI=1S/C15H28N2O/c1-15(2)12-17(11-14(10-16)18-15)9-8-13-6-4-3-5-7-13/h6,14H,3-5,7-12,16H2,1-2H3. The Morgan fingerprint density at radius 1 is 1.44 bits per heavy atom. The molecule has 3 nitrogen and oxygen atoms in total. The van der Waals surface area contributed by atoms with Gasteiger partial charge in [0, 0.05) is 26.2 Å². The maximum Gasteiger partial charge on any atom is 0.0831 e. The third-order valence-corrected chi connectivity index (χ3v) is 3.95. The Morgan fingerprint density at radius 2 is 2.28 bits per heavy atom. The van der Waals surface area contributed by atoms with Crippen LogP contribution in [0, 0.1) is 0 Å². The molecule has 0 aromatic heterocycles. The van der Waals surface area contributed by atoms with Crippen molar-refractivity contribution in [1.82, 2.24) is 4.90 Å². The van der Waals surface area contributed by atoms with Crippen molar-refractivity contribution >= 4 is 0 Å². The van der Waals surface area contributed by atoms with Gasteiger partial charge in [-0.25, -0.2) is 0 Å². The van der Waals surface area contributed by atoms with Gasteiger partial charge in [0.05, 0.1) is 11.7 Å². The van der Waals surface area contributed by atoms with Gasteiger partial charge in [-0.2, -0.15) is 0 Å². The van der Waals surface area contributed by atoms with Crippen molar-refractivity contribution in [3.05, 3.63) is 11.6 Å². The van der Waals surface area contributed by atoms with Crippen LogP contribution in [0.3, 0.4) is 0 Å². The van der Waals surface area contributed by atoms with Crippen LogP contribution < -0.4 is 5.73 Å². The van der Waals surface area contributed by atoms with Crippen molar-refractivity contribution < 1.29 is 4.74 Å². The molecule has 1 unspecified atom stereocenters. The number of morpholine rings is 1. The molecule has 2 rings (SSSR count). The molecule has 1 fully saturated rings. The summed E-state index contributed by atoms with van der Waals surface area (Å²) < 4.78 is 5.96. The van der Waals surface area contributed by atoms with E-state index in [0.717, 1.165) is 19.6 Å². The van der Waals surface area contributed by atoms with Crippen molar-refractivity contribution in [2.45, 2.75) is 57.7 Å². The van der Waals surface area contributed by atoms with Crippen molar-refractivity contribution in [2.24, 2.45) is 5.73 Å². The second-order valence-electron chi connectivity index (χ2n) is 6.33. The highest BCUT2D eigenvalue weighted by atomic mass is 16.5. The van der Waals surface area contributed by atoms with Gasteiger partial charge in [-0.1, -0.05) is 11.6 Å². The van der Waals surface area contributed by atoms with Crippen molar-refractivity contribution in [1.29, 1.82) is 0 Å². The lowest BCUT2D eigenvalue weighted by Crippen LogP contribution is -2.54. The molecule has 0 amide bonds. The van der Waals surface area contributed by atoms with Crippen LogP contribution in [-0.2, 0) is 4.74 Å². The Hall–Kier alpha value is -0.380. The lowest BCUT2D eigenvalue weighted by atomic mass is 9.96. The van der Waals surface area contributed by atoms with Gasteiger partial charge in [-0.05, 0) is 46.0 Å². The second kappa shape index (κ2) is 6.18. The number of hydrogen-bond donors (Lipinski definition) is 1. The predicted molar refractivity (Wildman–Crippen MR) is 75.6 cm³/mol. The van der Waals surface area contributed by atoms with E-state index in [1.807, 2.05) is 0 Å². The summed E-state index contributed by atoms with van der Waals surface area (Å²) in [5, 5.41) is 0. The fourth-order valence-electron chi connectivity index (χ4n) is 3.14. The van der Waals surface area contributed by atoms with Crippen LogP contribution in [0.1, 0.15) is 46.0 Å². The molecule has 2 aliphatic rings. The van der Waals surface area contributed by atoms with Crippen molar-refractivity contribution in [2.75, 3.05) is 26.2 Å². The van der Waals surface area contributed by atoms with Crippen LogP contribution in [0.15, 0.2) is 11.6 Å². The largest absolute Gasteiger partial charge is 0.368 e. The number of rotatable bonds is 4. The Balaban J connectivity index is 1.82. The monoisotopic (exact) mass is 252 g/mol. The summed E-state index contributed by atoms with van der Waals surface area (Å²) in [6, 6.07) is 0. The molecular weight excluding hydrogens is 224 g/mol. The van der Waals surface area contributed by atoms with Gasteiger partial charge in [0.2, 0.25) is 0 Å². The molecular formula is C15H28N2O. The van der Waals surface area contributed by atoms with E-state index in [1.165, 1.54) is 32.1 Å². The molecule has 0 aromatic rings. The molecule has 3 heteroatoms. The Kier molecular flexibility index (Phi) is 4.82. The minimum atomic E-state index is -0.0523. The minimum Gasteiger partial charge on any atom is -0.368 e. The number of nitrogens with two attached hydrogens (primary N) is 1. The van der Waals surface area contributed by atoms with Crippen LogP contribution in [0.2, 0.25) is 0 Å². The van der Waals surface area contributed by atoms with E-state index in [0.29, 0.717) is 6.54 Å². The summed E-state index contributed by atoms with van der Waals surface area (Å²) >= 11 is 0. The molecule has 1 aliphatic heterocycles. The topological polar surface area (TPSA) is 38.5 Å². The zero-order valence-corrected chi connectivity index (χ0v) is 12.0. The molecule has 0 spiro atoms. The molecule has 1 saturated heterocycles. The van der Waals surface area contributed by atoms with Gasteiger partial charge in [-0.3, -0.25) is 4.90 Å². The van der Waals surface area contributed by atoms with E-state index in [-0.39, 0.29) is 11.7 Å². The van der Waals surface area contributed by atoms with Crippen LogP contribution >= 0.6 is 0 Å². The van der Waals surface area contributed by atoms with E-state index in [2.05, 4.69) is 24.8 Å². The first-order valence-electron chi connectivity index (χ1n) is 7.37. The zero-order valence-electron chi connectivity index (χ0n) is 12.0. The van der Waals surface area contributed by atoms with Crippen molar-refractivity contribution in [3.8, 4) is 0 Å². The fourth-order valence-corrected chi connectivity index (χ4v) is 3.14. The smallest absolute Gasteiger partial charge is 0.0831 e. The molecule has 1 heterocycles. The van der Waals surface area contributed by atoms with Crippen LogP contribution in [0.4, 0.5) is 0 Å². The van der Waals surface area contributed by atoms with E-state index in [1.54, 1.807) is 5.57 Å². The highest BCUT2D eigenvalue weighted by molar-refractivity contribution is 5.05. The number of hydrogen-bond acceptors (Lipinski definition) is 3. The van der Waals surface area contributed by atoms with Gasteiger partial charge in [-0.15, -0.1) is 0 Å². The van der Waals surface area contributed by atoms with Crippen LogP contribution in [0.5, 0.6) is 0 Å². The van der Waals surface area contributed by atoms with Gasteiger partial charge in [0.15, 0.2) is 0 Å². The maximum atomic E-state index is 5.96. The number of ether oxygens (including phenoxy) is 1. The summed E-state index contributed by atoms with van der Waals surface area (Å²) in [5.41, 5.74) is 7.37. The highest BCUT2D eigenvalue weighted by Gasteiger charge is 2.32. The first kappa shape index (κ1) is 14.0. The Morgan fingerprint density at radius 3 is 2.94 bits per heavy atom. The van der Waals surface area contributed by atoms with Gasteiger partial charge < -0.3 is 10.5 Å². The van der Waals surface area contributed by atoms with E-state index >= 15 is 0 Å². The average Bonchev–Trinajstić information content (AvgIpc) is 2.36. The summed E-state index contributed by atoms with van der Waals surface area (Å²) in [6.45, 7) is 8.14. The molecule has 0 radical (unpaired) electrons. The third-order valence-electron chi connectivity index (χ3n) is 3.95. The predicted octanol–water partition coefficient (Wildman–Crippen LogP) is 2.31. The summed E-state index contributed by atoms with van der Waals surface area (Å²) in [6.07, 6.45) is 9.25. The molecule has 104 valence electrons. The fraction of sp³-hybridized carbons (Fsp3) is 0.867. The molecule has 1 atom stereocenters. The summed E-state index contributed by atoms with van der Waals surface area (Å²) in [4.78, 5) is 2.52. The normalized spacial score (nSPS) is 29.1. The van der Waals surface area contributed by atoms with Gasteiger partial charge >= 0.3 is 0 Å². The second-order valence-corrected chi connectivity index (χ2v) is 6.33. The van der Waals surface area contributed by atoms with Gasteiger partial charge in [0.1, 0.15) is 0 Å². The maximum absolute atomic E-state index is 5.96. The lowest BCUT2D eigenvalue weighted by Gasteiger charge is -2.42. The molecule has 1 aliphatic carbocycles. The zero-order chi connectivity index (χ0) is 13.0. The van der Waals surface area contributed by atoms with Gasteiger partial charge in [0.25, 0.3) is 0 Å². The molecule has 2 N–H and O–H groups in total. The lowest BCUT2D eigenvalue weighted by molar-refractivity contribution is -0.131. The van der Waals surface area contributed by atoms with Crippen LogP contribution in [0.25, 0.3) is 0 Å². The van der Waals surface area contributed by atoms with E-state index in [9.17, 15) is 0 Å². The highest BCUT2D eigenvalue weighted by Crippen LogP contribution is 2.24. The first-order chi connectivity index (χ1) is 8.59. The van der Waals surface area contributed by atoms with E-state index in [4.69, 9.17) is 10.5 Å². The van der Waals surface area contributed by atoms with Crippen molar-refractivity contribution in [3.63, 3.8) is 0 Å². The number of allylic oxidation sites excluding steroid dienone is 1. The summed E-state index contributed by atoms with van der Waals surface area (Å²) in [5.74, 6) is 0. The average molecular weight is 252 g/mol. The van der Waals surface area contributed by atoms with E-state index < -0.39 is 0 Å². The Labute approximate surface area is 111 Å². The molecule has 0 bridgehead atoms. The number of nitrogens with zero attached hydrogens (tertiary/aromatic N) is 1.